The van der Waals surface area contributed by atoms with E-state index in [2.05, 4.69) is 24.1 Å². The van der Waals surface area contributed by atoms with Gasteiger partial charge >= 0.3 is 0 Å². The molecule has 1 atom stereocenters. The monoisotopic (exact) mass is 371 g/mol. The highest BCUT2D eigenvalue weighted by atomic mass is 35.5. The molecule has 0 bridgehead atoms. The summed E-state index contributed by atoms with van der Waals surface area (Å²) in [6.45, 7) is 4.58. The standard InChI is InChI=1S/C16H19Cl2N3OS/c1-9(2)5-13(19)16-21-14(8-23-16)15(22)20-7-10-3-4-11(17)12(18)6-10/h3-4,6,8-9,13H,5,7,19H2,1-2H3,(H,20,22). The third-order valence-corrected chi connectivity index (χ3v) is 4.95. The van der Waals surface area contributed by atoms with Crippen LogP contribution in [0.1, 0.15) is 47.4 Å². The van der Waals surface area contributed by atoms with Crippen molar-refractivity contribution in [2.24, 2.45) is 11.7 Å². The van der Waals surface area contributed by atoms with Gasteiger partial charge in [0.25, 0.3) is 5.91 Å². The second-order valence-electron chi connectivity index (χ2n) is 5.74. The number of halogens is 2. The van der Waals surface area contributed by atoms with Crippen LogP contribution in [0.25, 0.3) is 0 Å². The first-order valence-corrected chi connectivity index (χ1v) is 8.93. The topological polar surface area (TPSA) is 68.0 Å². The van der Waals surface area contributed by atoms with Crippen LogP contribution in [-0.2, 0) is 6.54 Å². The van der Waals surface area contributed by atoms with E-state index in [9.17, 15) is 4.79 Å². The van der Waals surface area contributed by atoms with Crippen LogP contribution in [0.5, 0.6) is 0 Å². The summed E-state index contributed by atoms with van der Waals surface area (Å²) in [6, 6.07) is 5.13. The van der Waals surface area contributed by atoms with E-state index in [0.717, 1.165) is 17.0 Å². The average molecular weight is 372 g/mol. The fourth-order valence-corrected chi connectivity index (χ4v) is 3.23. The van der Waals surface area contributed by atoms with E-state index in [4.69, 9.17) is 28.9 Å². The predicted octanol–water partition coefficient (Wildman–Crippen LogP) is 4.43. The van der Waals surface area contributed by atoms with Crippen LogP contribution >= 0.6 is 34.5 Å². The maximum Gasteiger partial charge on any atom is 0.271 e. The summed E-state index contributed by atoms with van der Waals surface area (Å²) in [5.74, 6) is 0.260. The molecule has 3 N–H and O–H groups in total. The molecule has 0 saturated carbocycles. The Balaban J connectivity index is 1.95. The molecular formula is C16H19Cl2N3OS. The number of hydrogen-bond donors (Lipinski definition) is 2. The van der Waals surface area contributed by atoms with Gasteiger partial charge in [0.2, 0.25) is 0 Å². The third kappa shape index (κ3) is 5.18. The number of benzene rings is 1. The van der Waals surface area contributed by atoms with Gasteiger partial charge in [0.15, 0.2) is 0 Å². The van der Waals surface area contributed by atoms with Crippen LogP contribution in [0.4, 0.5) is 0 Å². The van der Waals surface area contributed by atoms with Crippen LogP contribution in [-0.4, -0.2) is 10.9 Å². The number of aromatic nitrogens is 1. The zero-order chi connectivity index (χ0) is 17.0. The van der Waals surface area contributed by atoms with E-state index in [-0.39, 0.29) is 11.9 Å². The van der Waals surface area contributed by atoms with Gasteiger partial charge in [-0.15, -0.1) is 11.3 Å². The maximum atomic E-state index is 12.2. The quantitative estimate of drug-likeness (QED) is 0.788. The number of rotatable bonds is 6. The SMILES string of the molecule is CC(C)CC(N)c1nc(C(=O)NCc2ccc(Cl)c(Cl)c2)cs1. The van der Waals surface area contributed by atoms with Crippen LogP contribution in [0.3, 0.4) is 0 Å². The van der Waals surface area contributed by atoms with E-state index in [1.165, 1.54) is 11.3 Å². The van der Waals surface area contributed by atoms with Gasteiger partial charge in [-0.1, -0.05) is 43.1 Å². The first-order valence-electron chi connectivity index (χ1n) is 7.30. The van der Waals surface area contributed by atoms with Gasteiger partial charge in [0, 0.05) is 11.9 Å². The summed E-state index contributed by atoms with van der Waals surface area (Å²) in [7, 11) is 0. The minimum atomic E-state index is -0.227. The largest absolute Gasteiger partial charge is 0.347 e. The Morgan fingerprint density at radius 1 is 1.35 bits per heavy atom. The van der Waals surface area contributed by atoms with E-state index in [1.807, 2.05) is 6.07 Å². The summed E-state index contributed by atoms with van der Waals surface area (Å²) in [4.78, 5) is 16.5. The van der Waals surface area contributed by atoms with Crippen molar-refractivity contribution < 1.29 is 4.79 Å². The molecular weight excluding hydrogens is 353 g/mol. The van der Waals surface area contributed by atoms with Crippen molar-refractivity contribution in [3.8, 4) is 0 Å². The molecule has 0 spiro atoms. The van der Waals surface area contributed by atoms with Gasteiger partial charge < -0.3 is 11.1 Å². The molecule has 0 aliphatic heterocycles. The summed E-state index contributed by atoms with van der Waals surface area (Å²) < 4.78 is 0. The molecule has 0 saturated heterocycles. The number of carbonyl (C=O) groups is 1. The average Bonchev–Trinajstić information content (AvgIpc) is 2.97. The lowest BCUT2D eigenvalue weighted by Crippen LogP contribution is -2.23. The number of hydrogen-bond acceptors (Lipinski definition) is 4. The molecule has 1 aromatic heterocycles. The fourth-order valence-electron chi connectivity index (χ4n) is 2.09. The fraction of sp³-hybridized carbons (Fsp3) is 0.375. The zero-order valence-electron chi connectivity index (χ0n) is 13.0. The highest BCUT2D eigenvalue weighted by Crippen LogP contribution is 2.23. The van der Waals surface area contributed by atoms with Gasteiger partial charge in [0.05, 0.1) is 16.1 Å². The molecule has 4 nitrogen and oxygen atoms in total. The smallest absolute Gasteiger partial charge is 0.271 e. The van der Waals surface area contributed by atoms with Crippen molar-refractivity contribution in [2.75, 3.05) is 0 Å². The molecule has 2 rings (SSSR count). The first kappa shape index (κ1) is 18.2. The van der Waals surface area contributed by atoms with E-state index in [1.54, 1.807) is 17.5 Å². The zero-order valence-corrected chi connectivity index (χ0v) is 15.3. The molecule has 1 aromatic carbocycles. The number of thiazole rings is 1. The maximum absolute atomic E-state index is 12.2. The Hall–Kier alpha value is -1.14. The van der Waals surface area contributed by atoms with Crippen molar-refractivity contribution >= 4 is 40.4 Å². The van der Waals surface area contributed by atoms with Gasteiger partial charge in [-0.25, -0.2) is 4.98 Å². The van der Waals surface area contributed by atoms with Gasteiger partial charge in [0.1, 0.15) is 10.7 Å². The summed E-state index contributed by atoms with van der Waals surface area (Å²) >= 11 is 13.2. The Bertz CT molecular complexity index is 688. The van der Waals surface area contributed by atoms with Gasteiger partial charge in [-0.05, 0) is 30.0 Å². The Morgan fingerprint density at radius 3 is 2.74 bits per heavy atom. The Kier molecular flexibility index (Phi) is 6.41. The molecule has 0 aliphatic rings. The Morgan fingerprint density at radius 2 is 2.09 bits per heavy atom. The van der Waals surface area contributed by atoms with Crippen LogP contribution in [0.15, 0.2) is 23.6 Å². The van der Waals surface area contributed by atoms with Gasteiger partial charge in [-0.3, -0.25) is 4.79 Å². The second kappa shape index (κ2) is 8.11. The first-order chi connectivity index (χ1) is 10.9. The molecule has 2 aromatic rings. The minimum Gasteiger partial charge on any atom is -0.347 e. The number of amides is 1. The highest BCUT2D eigenvalue weighted by molar-refractivity contribution is 7.09. The molecule has 124 valence electrons. The molecule has 1 amide bonds. The van der Waals surface area contributed by atoms with Crippen LogP contribution < -0.4 is 11.1 Å². The van der Waals surface area contributed by atoms with Crippen molar-refractivity contribution in [2.45, 2.75) is 32.9 Å². The normalized spacial score (nSPS) is 12.4. The summed E-state index contributed by atoms with van der Waals surface area (Å²) in [6.07, 6.45) is 0.845. The molecule has 7 heteroatoms. The van der Waals surface area contributed by atoms with Crippen LogP contribution in [0.2, 0.25) is 10.0 Å². The predicted molar refractivity (Wildman–Crippen MR) is 96.1 cm³/mol. The molecule has 1 heterocycles. The molecule has 0 radical (unpaired) electrons. The molecule has 23 heavy (non-hydrogen) atoms. The van der Waals surface area contributed by atoms with Crippen molar-refractivity contribution in [3.05, 3.63) is 49.9 Å². The van der Waals surface area contributed by atoms with Crippen molar-refractivity contribution in [3.63, 3.8) is 0 Å². The highest BCUT2D eigenvalue weighted by Gasteiger charge is 2.16. The lowest BCUT2D eigenvalue weighted by atomic mass is 10.1. The molecule has 1 unspecified atom stereocenters. The summed E-state index contributed by atoms with van der Waals surface area (Å²) in [5, 5.41) is 6.30. The van der Waals surface area contributed by atoms with Gasteiger partial charge in [-0.2, -0.15) is 0 Å². The third-order valence-electron chi connectivity index (χ3n) is 3.23. The van der Waals surface area contributed by atoms with Crippen LogP contribution in [0, 0.1) is 5.92 Å². The Labute approximate surface area is 150 Å². The van der Waals surface area contributed by atoms with Crippen molar-refractivity contribution in [1.29, 1.82) is 0 Å². The number of carbonyl (C=O) groups excluding carboxylic acids is 1. The number of nitrogens with two attached hydrogens (primary N) is 1. The number of nitrogens with one attached hydrogen (secondary N) is 1. The molecule has 0 aliphatic carbocycles. The van der Waals surface area contributed by atoms with E-state index in [0.29, 0.717) is 28.2 Å². The van der Waals surface area contributed by atoms with Crippen molar-refractivity contribution in [1.82, 2.24) is 10.3 Å². The van der Waals surface area contributed by atoms with E-state index < -0.39 is 0 Å². The minimum absolute atomic E-state index is 0.128. The lowest BCUT2D eigenvalue weighted by Gasteiger charge is -2.10. The summed E-state index contributed by atoms with van der Waals surface area (Å²) in [5.41, 5.74) is 7.36. The number of nitrogens with zero attached hydrogens (tertiary/aromatic N) is 1. The van der Waals surface area contributed by atoms with E-state index >= 15 is 0 Å². The molecule has 0 fully saturated rings. The second-order valence-corrected chi connectivity index (χ2v) is 7.44. The lowest BCUT2D eigenvalue weighted by molar-refractivity contribution is 0.0946.